The van der Waals surface area contributed by atoms with Gasteiger partial charge in [0, 0.05) is 5.39 Å². The highest BCUT2D eigenvalue weighted by atomic mass is 16.1. The fraction of sp³-hybridized carbons (Fsp3) is 0.158. The Kier molecular flexibility index (Phi) is 2.88. The fourth-order valence-electron chi connectivity index (χ4n) is 3.08. The van der Waals surface area contributed by atoms with Crippen LogP contribution in [0, 0.1) is 20.8 Å². The van der Waals surface area contributed by atoms with Crippen molar-refractivity contribution in [3.05, 3.63) is 69.6 Å². The molecule has 4 rings (SSSR count). The fourth-order valence-corrected chi connectivity index (χ4v) is 3.08. The van der Waals surface area contributed by atoms with Crippen LogP contribution in [0.1, 0.15) is 16.8 Å². The number of aryl methyl sites for hydroxylation is 3. The second-order valence-corrected chi connectivity index (χ2v) is 5.99. The van der Waals surface area contributed by atoms with Crippen LogP contribution in [0.2, 0.25) is 0 Å². The number of para-hydroxylation sites is 1. The van der Waals surface area contributed by atoms with Gasteiger partial charge in [-0.25, -0.2) is 4.68 Å². The summed E-state index contributed by atoms with van der Waals surface area (Å²) in [5.41, 5.74) is 5.76. The molecule has 0 saturated carbocycles. The van der Waals surface area contributed by atoms with Crippen LogP contribution >= 0.6 is 0 Å². The van der Waals surface area contributed by atoms with Gasteiger partial charge in [0.15, 0.2) is 0 Å². The van der Waals surface area contributed by atoms with Crippen molar-refractivity contribution in [2.45, 2.75) is 20.8 Å². The molecule has 4 aromatic rings. The van der Waals surface area contributed by atoms with Crippen molar-refractivity contribution in [1.82, 2.24) is 14.8 Å². The molecule has 0 bridgehead atoms. The molecule has 2 aromatic carbocycles. The molecule has 23 heavy (non-hydrogen) atoms. The van der Waals surface area contributed by atoms with Crippen molar-refractivity contribution in [2.24, 2.45) is 0 Å². The zero-order valence-electron chi connectivity index (χ0n) is 13.3. The second-order valence-electron chi connectivity index (χ2n) is 5.99. The highest BCUT2D eigenvalue weighted by Gasteiger charge is 2.16. The quantitative estimate of drug-likeness (QED) is 0.581. The van der Waals surface area contributed by atoms with Gasteiger partial charge in [0.2, 0.25) is 0 Å². The third-order valence-corrected chi connectivity index (χ3v) is 4.45. The molecule has 2 aromatic heterocycles. The van der Waals surface area contributed by atoms with E-state index < -0.39 is 0 Å². The average Bonchev–Trinajstić information content (AvgIpc) is 2.89. The van der Waals surface area contributed by atoms with E-state index in [1.165, 1.54) is 11.1 Å². The first-order chi connectivity index (χ1) is 11.1. The Labute approximate surface area is 133 Å². The van der Waals surface area contributed by atoms with Gasteiger partial charge < -0.3 is 4.98 Å². The molecular formula is C19H17N3O. The Morgan fingerprint density at radius 2 is 1.78 bits per heavy atom. The lowest BCUT2D eigenvalue weighted by Crippen LogP contribution is -2.07. The number of hydrogen-bond acceptors (Lipinski definition) is 2. The summed E-state index contributed by atoms with van der Waals surface area (Å²) in [7, 11) is 0. The van der Waals surface area contributed by atoms with Crippen molar-refractivity contribution in [3.8, 4) is 5.69 Å². The van der Waals surface area contributed by atoms with Crippen molar-refractivity contribution in [1.29, 1.82) is 0 Å². The monoisotopic (exact) mass is 303 g/mol. The SMILES string of the molecule is Cc1ccc(-n2nc(C)c3c(=O)[nH]c4ccccc4c32)cc1C. The van der Waals surface area contributed by atoms with Crippen molar-refractivity contribution >= 4 is 21.8 Å². The zero-order valence-corrected chi connectivity index (χ0v) is 13.3. The smallest absolute Gasteiger partial charge is 0.259 e. The summed E-state index contributed by atoms with van der Waals surface area (Å²) < 4.78 is 1.88. The number of hydrogen-bond donors (Lipinski definition) is 1. The number of aromatic nitrogens is 3. The summed E-state index contributed by atoms with van der Waals surface area (Å²) in [6.07, 6.45) is 0. The standard InChI is InChI=1S/C19H17N3O/c1-11-8-9-14(10-12(11)2)22-18-15-6-4-5-7-16(15)20-19(23)17(18)13(3)21-22/h4-10H,1-3H3,(H,20,23). The van der Waals surface area contributed by atoms with Gasteiger partial charge in [-0.15, -0.1) is 0 Å². The van der Waals surface area contributed by atoms with E-state index in [1.807, 2.05) is 41.9 Å². The van der Waals surface area contributed by atoms with Gasteiger partial charge >= 0.3 is 0 Å². The molecule has 0 aliphatic carbocycles. The molecule has 0 radical (unpaired) electrons. The molecule has 114 valence electrons. The van der Waals surface area contributed by atoms with Gasteiger partial charge in [-0.2, -0.15) is 5.10 Å². The second kappa shape index (κ2) is 4.81. The maximum Gasteiger partial charge on any atom is 0.259 e. The van der Waals surface area contributed by atoms with E-state index in [9.17, 15) is 4.79 Å². The topological polar surface area (TPSA) is 50.7 Å². The van der Waals surface area contributed by atoms with E-state index in [-0.39, 0.29) is 5.56 Å². The minimum absolute atomic E-state index is 0.0914. The molecule has 0 unspecified atom stereocenters. The number of fused-ring (bicyclic) bond motifs is 3. The van der Waals surface area contributed by atoms with E-state index in [0.717, 1.165) is 27.8 Å². The van der Waals surface area contributed by atoms with Crippen LogP contribution in [0.3, 0.4) is 0 Å². The summed E-state index contributed by atoms with van der Waals surface area (Å²) >= 11 is 0. The maximum atomic E-state index is 12.5. The van der Waals surface area contributed by atoms with Crippen LogP contribution in [0.4, 0.5) is 0 Å². The summed E-state index contributed by atoms with van der Waals surface area (Å²) in [5, 5.41) is 6.29. The maximum absolute atomic E-state index is 12.5. The Morgan fingerprint density at radius 3 is 2.57 bits per heavy atom. The first kappa shape index (κ1) is 13.8. The van der Waals surface area contributed by atoms with Gasteiger partial charge in [0.1, 0.15) is 0 Å². The summed E-state index contributed by atoms with van der Waals surface area (Å²) in [6.45, 7) is 6.05. The minimum Gasteiger partial charge on any atom is -0.321 e. The molecule has 0 aliphatic heterocycles. The predicted octanol–water partition coefficient (Wildman–Crippen LogP) is 3.79. The third kappa shape index (κ3) is 1.99. The van der Waals surface area contributed by atoms with Crippen LogP contribution in [0.5, 0.6) is 0 Å². The Hall–Kier alpha value is -2.88. The number of benzene rings is 2. The van der Waals surface area contributed by atoms with Crippen molar-refractivity contribution in [3.63, 3.8) is 0 Å². The highest BCUT2D eigenvalue weighted by Crippen LogP contribution is 2.26. The lowest BCUT2D eigenvalue weighted by atomic mass is 10.1. The number of aromatic amines is 1. The highest BCUT2D eigenvalue weighted by molar-refractivity contribution is 6.04. The molecule has 4 nitrogen and oxygen atoms in total. The van der Waals surface area contributed by atoms with Crippen LogP contribution in [0.15, 0.2) is 47.3 Å². The van der Waals surface area contributed by atoms with E-state index in [2.05, 4.69) is 36.1 Å². The first-order valence-electron chi connectivity index (χ1n) is 7.64. The number of rotatable bonds is 1. The van der Waals surface area contributed by atoms with Gasteiger partial charge in [0.25, 0.3) is 5.56 Å². The molecule has 0 atom stereocenters. The van der Waals surface area contributed by atoms with Crippen LogP contribution in [-0.4, -0.2) is 14.8 Å². The lowest BCUT2D eigenvalue weighted by molar-refractivity contribution is 0.889. The van der Waals surface area contributed by atoms with Gasteiger partial charge in [0.05, 0.1) is 27.8 Å². The van der Waals surface area contributed by atoms with Gasteiger partial charge in [-0.05, 0) is 50.1 Å². The largest absolute Gasteiger partial charge is 0.321 e. The molecule has 0 fully saturated rings. The third-order valence-electron chi connectivity index (χ3n) is 4.45. The zero-order chi connectivity index (χ0) is 16.1. The van der Waals surface area contributed by atoms with Gasteiger partial charge in [-0.1, -0.05) is 24.3 Å². The number of pyridine rings is 1. The average molecular weight is 303 g/mol. The van der Waals surface area contributed by atoms with Crippen molar-refractivity contribution < 1.29 is 0 Å². The van der Waals surface area contributed by atoms with Crippen molar-refractivity contribution in [2.75, 3.05) is 0 Å². The normalized spacial score (nSPS) is 11.4. The first-order valence-corrected chi connectivity index (χ1v) is 7.64. The Bertz CT molecular complexity index is 1120. The number of nitrogens with one attached hydrogen (secondary N) is 1. The Morgan fingerprint density at radius 1 is 1.00 bits per heavy atom. The number of H-pyrrole nitrogens is 1. The van der Waals surface area contributed by atoms with Crippen LogP contribution in [-0.2, 0) is 0 Å². The molecule has 1 N–H and O–H groups in total. The van der Waals surface area contributed by atoms with E-state index in [1.54, 1.807) is 0 Å². The molecule has 0 spiro atoms. The minimum atomic E-state index is -0.0914. The summed E-state index contributed by atoms with van der Waals surface area (Å²) in [4.78, 5) is 15.4. The van der Waals surface area contributed by atoms with Crippen LogP contribution < -0.4 is 5.56 Å². The number of nitrogens with zero attached hydrogens (tertiary/aromatic N) is 2. The Balaban J connectivity index is 2.19. The summed E-state index contributed by atoms with van der Waals surface area (Å²) in [5.74, 6) is 0. The molecule has 0 aliphatic rings. The molecule has 0 amide bonds. The lowest BCUT2D eigenvalue weighted by Gasteiger charge is -2.08. The van der Waals surface area contributed by atoms with E-state index in [0.29, 0.717) is 5.39 Å². The predicted molar refractivity (Wildman–Crippen MR) is 93.4 cm³/mol. The van der Waals surface area contributed by atoms with Gasteiger partial charge in [-0.3, -0.25) is 4.79 Å². The summed E-state index contributed by atoms with van der Waals surface area (Å²) in [6, 6.07) is 14.1. The molecule has 0 saturated heterocycles. The van der Waals surface area contributed by atoms with E-state index >= 15 is 0 Å². The molecular weight excluding hydrogens is 286 g/mol. The molecule has 4 heteroatoms. The van der Waals surface area contributed by atoms with Crippen LogP contribution in [0.25, 0.3) is 27.5 Å². The molecule has 2 heterocycles. The van der Waals surface area contributed by atoms with E-state index in [4.69, 9.17) is 0 Å².